The highest BCUT2D eigenvalue weighted by Crippen LogP contribution is 2.39. The first kappa shape index (κ1) is 21.9. The van der Waals surface area contributed by atoms with E-state index < -0.39 is 38.2 Å². The number of aliphatic hydroxyl groups excluding tert-OH is 1. The molecule has 0 bridgehead atoms. The molecule has 0 heterocycles. The van der Waals surface area contributed by atoms with E-state index in [0.29, 0.717) is 5.57 Å². The predicted octanol–water partition coefficient (Wildman–Crippen LogP) is 3.74. The van der Waals surface area contributed by atoms with Crippen LogP contribution in [-0.2, 0) is 9.53 Å². The van der Waals surface area contributed by atoms with Crippen LogP contribution in [0.3, 0.4) is 0 Å². The molecule has 1 aliphatic carbocycles. The summed E-state index contributed by atoms with van der Waals surface area (Å²) in [6.45, 7) is 4.81. The van der Waals surface area contributed by atoms with E-state index in [9.17, 15) is 4.79 Å². The fourth-order valence-corrected chi connectivity index (χ4v) is 3.64. The van der Waals surface area contributed by atoms with Crippen molar-refractivity contribution in [3.63, 3.8) is 0 Å². The lowest BCUT2D eigenvalue weighted by molar-refractivity contribution is -0.139. The molecule has 1 aliphatic rings. The molecule has 0 atom stereocenters. The van der Waals surface area contributed by atoms with E-state index in [-0.39, 0.29) is 13.2 Å². The number of ether oxygens (including phenoxy) is 1. The average Bonchev–Trinajstić information content (AvgIpc) is 2.47. The number of hydrogen-bond acceptors (Lipinski definition) is 3. The van der Waals surface area contributed by atoms with Gasteiger partial charge in [-0.05, 0) is 6.92 Å². The van der Waals surface area contributed by atoms with Crippen LogP contribution in [0.4, 0.5) is 0 Å². The second-order valence-corrected chi connectivity index (χ2v) is 7.33. The van der Waals surface area contributed by atoms with E-state index >= 15 is 0 Å². The zero-order chi connectivity index (χ0) is 16.7. The van der Waals surface area contributed by atoms with Gasteiger partial charge in [-0.1, -0.05) is 6.58 Å². The van der Waals surface area contributed by atoms with Gasteiger partial charge >= 0.3 is 5.97 Å². The summed E-state index contributed by atoms with van der Waals surface area (Å²) in [6.07, 6.45) is 0. The Morgan fingerprint density at radius 3 is 1.43 bits per heavy atom. The van der Waals surface area contributed by atoms with Crippen LogP contribution in [0.1, 0.15) is 6.92 Å². The highest BCUT2D eigenvalue weighted by Gasteiger charge is 2.46. The van der Waals surface area contributed by atoms with Gasteiger partial charge in [-0.15, -0.1) is 69.6 Å². The summed E-state index contributed by atoms with van der Waals surface area (Å²) in [5.41, 5.74) is 0.350. The molecule has 1 N–H and O–H groups in total. The third-order valence-electron chi connectivity index (χ3n) is 2.50. The van der Waals surface area contributed by atoms with Gasteiger partial charge in [-0.2, -0.15) is 0 Å². The van der Waals surface area contributed by atoms with Crippen molar-refractivity contribution < 1.29 is 14.6 Å². The molecule has 3 nitrogen and oxygen atoms in total. The zero-order valence-corrected chi connectivity index (χ0v) is 15.7. The van der Waals surface area contributed by atoms with Crippen molar-refractivity contribution in [2.24, 2.45) is 0 Å². The first-order valence-electron chi connectivity index (χ1n) is 5.93. The molecule has 0 aromatic heterocycles. The van der Waals surface area contributed by atoms with Gasteiger partial charge in [0.1, 0.15) is 6.61 Å². The molecule has 1 fully saturated rings. The standard InChI is InChI=1S/C6H6Cl6.C6H10O3/c7-1-2(8)4(10)6(12)5(11)3(1)9;1-5(2)6(8)9-4-3-7/h1-6H;7H,1,3-4H2,2H3/t1-,2-,3-,4+,5+,6+;. The fourth-order valence-electron chi connectivity index (χ4n) is 1.32. The van der Waals surface area contributed by atoms with Gasteiger partial charge in [0.25, 0.3) is 0 Å². The molecule has 124 valence electrons. The molecule has 21 heavy (non-hydrogen) atoms. The van der Waals surface area contributed by atoms with Gasteiger partial charge in [0.05, 0.1) is 38.9 Å². The maximum atomic E-state index is 10.5. The molecule has 0 aliphatic heterocycles. The second kappa shape index (κ2) is 10.6. The number of carbonyl (C=O) groups is 1. The summed E-state index contributed by atoms with van der Waals surface area (Å²) in [4.78, 5) is 10.5. The number of alkyl halides is 6. The number of carbonyl (C=O) groups excluding carboxylic acids is 1. The number of halogens is 6. The first-order chi connectivity index (χ1) is 9.64. The van der Waals surface area contributed by atoms with E-state index in [4.69, 9.17) is 74.7 Å². The number of rotatable bonds is 3. The normalized spacial score (nSPS) is 35.4. The van der Waals surface area contributed by atoms with Crippen LogP contribution in [0.2, 0.25) is 0 Å². The summed E-state index contributed by atoms with van der Waals surface area (Å²) < 4.78 is 4.46. The van der Waals surface area contributed by atoms with Crippen molar-refractivity contribution in [1.29, 1.82) is 0 Å². The first-order valence-corrected chi connectivity index (χ1v) is 8.54. The molecule has 0 unspecified atom stereocenters. The number of hydrogen-bond donors (Lipinski definition) is 1. The van der Waals surface area contributed by atoms with Crippen LogP contribution in [-0.4, -0.2) is 56.6 Å². The summed E-state index contributed by atoms with van der Waals surface area (Å²) in [5.74, 6) is -0.455. The Labute approximate surface area is 154 Å². The molecular weight excluding hydrogens is 405 g/mol. The van der Waals surface area contributed by atoms with Crippen LogP contribution in [0.25, 0.3) is 0 Å². The van der Waals surface area contributed by atoms with Crippen molar-refractivity contribution in [3.8, 4) is 0 Å². The number of aliphatic hydroxyl groups is 1. The van der Waals surface area contributed by atoms with Gasteiger partial charge in [-0.3, -0.25) is 0 Å². The second-order valence-electron chi connectivity index (χ2n) is 4.31. The summed E-state index contributed by atoms with van der Waals surface area (Å²) in [5, 5.41) is 5.57. The molecule has 0 radical (unpaired) electrons. The Hall–Kier alpha value is 0.910. The molecule has 0 aromatic rings. The monoisotopic (exact) mass is 418 g/mol. The lowest BCUT2D eigenvalue weighted by Crippen LogP contribution is -2.52. The van der Waals surface area contributed by atoms with Crippen LogP contribution in [0.5, 0.6) is 0 Å². The lowest BCUT2D eigenvalue weighted by Gasteiger charge is -2.37. The maximum absolute atomic E-state index is 10.5. The minimum atomic E-state index is -0.455. The molecule has 0 spiro atoms. The van der Waals surface area contributed by atoms with Crippen molar-refractivity contribution in [2.45, 2.75) is 39.2 Å². The van der Waals surface area contributed by atoms with Crippen LogP contribution in [0.15, 0.2) is 12.2 Å². The number of esters is 1. The van der Waals surface area contributed by atoms with Crippen molar-refractivity contribution in [3.05, 3.63) is 12.2 Å². The SMILES string of the molecule is C=C(C)C(=O)OCCO.Cl[C@H]1[C@H](Cl)[C@@H](Cl)[C@@H](Cl)[C@H](Cl)[C@H]1Cl. The highest BCUT2D eigenvalue weighted by atomic mass is 35.5. The third kappa shape index (κ3) is 6.90. The van der Waals surface area contributed by atoms with Gasteiger partial charge in [0.2, 0.25) is 0 Å². The van der Waals surface area contributed by atoms with Gasteiger partial charge in [-0.25, -0.2) is 4.79 Å². The van der Waals surface area contributed by atoms with E-state index in [1.165, 1.54) is 0 Å². The summed E-state index contributed by atoms with van der Waals surface area (Å²) >= 11 is 35.3. The Balaban J connectivity index is 0.000000400. The van der Waals surface area contributed by atoms with Crippen LogP contribution >= 0.6 is 69.6 Å². The largest absolute Gasteiger partial charge is 0.460 e. The van der Waals surface area contributed by atoms with E-state index in [1.54, 1.807) is 6.92 Å². The Kier molecular flexibility index (Phi) is 11.1. The maximum Gasteiger partial charge on any atom is 0.333 e. The van der Waals surface area contributed by atoms with Gasteiger partial charge in [0.15, 0.2) is 0 Å². The van der Waals surface area contributed by atoms with Gasteiger partial charge < -0.3 is 9.84 Å². The Morgan fingerprint density at radius 1 is 0.952 bits per heavy atom. The molecule has 0 aromatic carbocycles. The Morgan fingerprint density at radius 2 is 1.24 bits per heavy atom. The van der Waals surface area contributed by atoms with E-state index in [2.05, 4.69) is 11.3 Å². The molecule has 0 amide bonds. The van der Waals surface area contributed by atoms with E-state index in [1.807, 2.05) is 0 Å². The van der Waals surface area contributed by atoms with Crippen molar-refractivity contribution in [1.82, 2.24) is 0 Å². The molecule has 9 heteroatoms. The molecule has 0 saturated heterocycles. The minimum Gasteiger partial charge on any atom is -0.460 e. The molecule has 1 rings (SSSR count). The van der Waals surface area contributed by atoms with E-state index in [0.717, 1.165) is 0 Å². The predicted molar refractivity (Wildman–Crippen MR) is 90.7 cm³/mol. The van der Waals surface area contributed by atoms with Crippen molar-refractivity contribution in [2.75, 3.05) is 13.2 Å². The fraction of sp³-hybridized carbons (Fsp3) is 0.750. The summed E-state index contributed by atoms with van der Waals surface area (Å²) in [7, 11) is 0. The third-order valence-corrected chi connectivity index (χ3v) is 6.53. The van der Waals surface area contributed by atoms with Gasteiger partial charge in [0, 0.05) is 5.57 Å². The topological polar surface area (TPSA) is 46.5 Å². The summed E-state index contributed by atoms with van der Waals surface area (Å²) in [6, 6.07) is 0. The minimum absolute atomic E-state index is 0.0473. The molecule has 1 saturated carbocycles. The smallest absolute Gasteiger partial charge is 0.333 e. The zero-order valence-electron chi connectivity index (χ0n) is 11.1. The highest BCUT2D eigenvalue weighted by molar-refractivity contribution is 6.45. The molecular formula is C12H16Cl6O3. The average molecular weight is 421 g/mol. The quantitative estimate of drug-likeness (QED) is 0.429. The van der Waals surface area contributed by atoms with Crippen LogP contribution in [0, 0.1) is 0 Å². The Bertz CT molecular complexity index is 295. The van der Waals surface area contributed by atoms with Crippen molar-refractivity contribution >= 4 is 75.6 Å². The van der Waals surface area contributed by atoms with Crippen LogP contribution < -0.4 is 0 Å². The lowest BCUT2D eigenvalue weighted by atomic mass is 9.97.